The fourth-order valence-corrected chi connectivity index (χ4v) is 4.02. The molecule has 3 aromatic rings. The SMILES string of the molecule is CC(C)OC(=O)COc1ccc(C(=O)CN2Cc3cc(/C(N)=N/C(=O)OCc4ccccc4)ccc3C2=O)cc1. The lowest BCUT2D eigenvalue weighted by Gasteiger charge is -2.14. The van der Waals surface area contributed by atoms with Crippen molar-refractivity contribution in [2.24, 2.45) is 10.7 Å². The molecule has 4 rings (SSSR count). The first-order chi connectivity index (χ1) is 19.2. The molecule has 2 N–H and O–H groups in total. The highest BCUT2D eigenvalue weighted by Gasteiger charge is 2.29. The van der Waals surface area contributed by atoms with Gasteiger partial charge in [0.15, 0.2) is 12.4 Å². The van der Waals surface area contributed by atoms with E-state index in [1.165, 1.54) is 4.90 Å². The summed E-state index contributed by atoms with van der Waals surface area (Å²) >= 11 is 0. The number of rotatable bonds is 10. The number of nitrogens with zero attached hydrogens (tertiary/aromatic N) is 2. The van der Waals surface area contributed by atoms with Gasteiger partial charge in [0.1, 0.15) is 18.2 Å². The summed E-state index contributed by atoms with van der Waals surface area (Å²) in [5, 5.41) is 0. The molecule has 0 unspecified atom stereocenters. The highest BCUT2D eigenvalue weighted by atomic mass is 16.6. The molecule has 0 saturated carbocycles. The van der Waals surface area contributed by atoms with Crippen molar-refractivity contribution in [1.82, 2.24) is 4.90 Å². The van der Waals surface area contributed by atoms with Gasteiger partial charge in [-0.25, -0.2) is 9.59 Å². The summed E-state index contributed by atoms with van der Waals surface area (Å²) in [6.45, 7) is 3.41. The number of carbonyl (C=O) groups excluding carboxylic acids is 4. The fraction of sp³-hybridized carbons (Fsp3) is 0.233. The van der Waals surface area contributed by atoms with Gasteiger partial charge in [-0.05, 0) is 61.4 Å². The van der Waals surface area contributed by atoms with Crippen LogP contribution in [0.1, 0.15) is 51.3 Å². The Morgan fingerprint density at radius 1 is 0.975 bits per heavy atom. The largest absolute Gasteiger partial charge is 0.482 e. The third kappa shape index (κ3) is 7.31. The van der Waals surface area contributed by atoms with Gasteiger partial charge in [-0.3, -0.25) is 9.59 Å². The number of amidine groups is 1. The summed E-state index contributed by atoms with van der Waals surface area (Å²) in [4.78, 5) is 54.7. The topological polar surface area (TPSA) is 138 Å². The molecule has 1 aliphatic heterocycles. The molecule has 0 spiro atoms. The molecular formula is C30H29N3O7. The number of ketones is 1. The summed E-state index contributed by atoms with van der Waals surface area (Å²) in [6, 6.07) is 20.4. The van der Waals surface area contributed by atoms with Gasteiger partial charge in [0.25, 0.3) is 5.91 Å². The summed E-state index contributed by atoms with van der Waals surface area (Å²) in [7, 11) is 0. The molecule has 0 atom stereocenters. The maximum atomic E-state index is 12.9. The van der Waals surface area contributed by atoms with E-state index in [1.54, 1.807) is 56.3 Å². The molecule has 1 heterocycles. The molecule has 0 aromatic heterocycles. The molecule has 10 heteroatoms. The number of amides is 2. The molecule has 10 nitrogen and oxygen atoms in total. The second kappa shape index (κ2) is 12.7. The maximum absolute atomic E-state index is 12.9. The van der Waals surface area contributed by atoms with Crippen LogP contribution in [0.5, 0.6) is 5.75 Å². The fourth-order valence-electron chi connectivity index (χ4n) is 4.02. The van der Waals surface area contributed by atoms with Crippen LogP contribution in [0, 0.1) is 0 Å². The van der Waals surface area contributed by atoms with E-state index in [0.717, 1.165) is 5.56 Å². The zero-order valence-electron chi connectivity index (χ0n) is 22.2. The minimum atomic E-state index is -0.822. The lowest BCUT2D eigenvalue weighted by atomic mass is 10.1. The summed E-state index contributed by atoms with van der Waals surface area (Å²) in [5.41, 5.74) is 8.82. The quantitative estimate of drug-likeness (QED) is 0.176. The molecule has 0 aliphatic carbocycles. The van der Waals surface area contributed by atoms with Crippen LogP contribution in [0.2, 0.25) is 0 Å². The van der Waals surface area contributed by atoms with Gasteiger partial charge in [-0.15, -0.1) is 0 Å². The highest BCUT2D eigenvalue weighted by molar-refractivity contribution is 6.06. The zero-order valence-corrected chi connectivity index (χ0v) is 22.2. The molecule has 40 heavy (non-hydrogen) atoms. The number of Topliss-reactive ketones (excluding diaryl/α,β-unsaturated/α-hetero) is 1. The van der Waals surface area contributed by atoms with E-state index < -0.39 is 12.1 Å². The van der Waals surface area contributed by atoms with Crippen molar-refractivity contribution in [3.05, 3.63) is 101 Å². The van der Waals surface area contributed by atoms with Gasteiger partial charge in [-0.1, -0.05) is 36.4 Å². The number of aliphatic imine (C=N–C) groups is 1. The lowest BCUT2D eigenvalue weighted by Crippen LogP contribution is -2.30. The second-order valence-corrected chi connectivity index (χ2v) is 9.35. The van der Waals surface area contributed by atoms with Gasteiger partial charge < -0.3 is 24.8 Å². The summed E-state index contributed by atoms with van der Waals surface area (Å²) in [5.74, 6) is -0.646. The van der Waals surface area contributed by atoms with E-state index in [9.17, 15) is 19.2 Å². The summed E-state index contributed by atoms with van der Waals surface area (Å²) in [6.07, 6.45) is -1.06. The van der Waals surface area contributed by atoms with E-state index in [2.05, 4.69) is 4.99 Å². The first-order valence-electron chi connectivity index (χ1n) is 12.6. The first kappa shape index (κ1) is 28.0. The van der Waals surface area contributed by atoms with Crippen molar-refractivity contribution >= 4 is 29.6 Å². The molecule has 0 bridgehead atoms. The lowest BCUT2D eigenvalue weighted by molar-refractivity contribution is -0.149. The number of nitrogens with two attached hydrogens (primary N) is 1. The van der Waals surface area contributed by atoms with E-state index in [4.69, 9.17) is 19.9 Å². The van der Waals surface area contributed by atoms with E-state index in [0.29, 0.717) is 28.0 Å². The molecule has 2 amide bonds. The smallest absolute Gasteiger partial charge is 0.435 e. The number of hydrogen-bond donors (Lipinski definition) is 1. The molecule has 1 aliphatic rings. The van der Waals surface area contributed by atoms with Crippen LogP contribution in [0.4, 0.5) is 4.79 Å². The molecule has 206 valence electrons. The zero-order chi connectivity index (χ0) is 28.6. The highest BCUT2D eigenvalue weighted by Crippen LogP contribution is 2.24. The van der Waals surface area contributed by atoms with Gasteiger partial charge in [0.05, 0.1) is 12.6 Å². The molecule has 0 fully saturated rings. The van der Waals surface area contributed by atoms with Crippen LogP contribution in [0.3, 0.4) is 0 Å². The Kier molecular flexibility index (Phi) is 8.90. The van der Waals surface area contributed by atoms with Crippen LogP contribution in [-0.4, -0.2) is 53.7 Å². The minimum Gasteiger partial charge on any atom is -0.482 e. The second-order valence-electron chi connectivity index (χ2n) is 9.35. The van der Waals surface area contributed by atoms with Crippen molar-refractivity contribution in [2.75, 3.05) is 13.2 Å². The van der Waals surface area contributed by atoms with Gasteiger partial charge in [0.2, 0.25) is 0 Å². The summed E-state index contributed by atoms with van der Waals surface area (Å²) < 4.78 is 15.5. The van der Waals surface area contributed by atoms with Gasteiger partial charge >= 0.3 is 12.1 Å². The van der Waals surface area contributed by atoms with Crippen LogP contribution in [-0.2, 0) is 27.4 Å². The van der Waals surface area contributed by atoms with E-state index in [1.807, 2.05) is 30.3 Å². The van der Waals surface area contributed by atoms with Gasteiger partial charge in [-0.2, -0.15) is 4.99 Å². The van der Waals surface area contributed by atoms with Crippen molar-refractivity contribution < 1.29 is 33.4 Å². The number of hydrogen-bond acceptors (Lipinski definition) is 7. The Labute approximate surface area is 231 Å². The molecule has 0 saturated heterocycles. The molecule has 0 radical (unpaired) electrons. The Bertz CT molecular complexity index is 1430. The third-order valence-corrected chi connectivity index (χ3v) is 5.93. The van der Waals surface area contributed by atoms with Crippen molar-refractivity contribution in [3.8, 4) is 5.75 Å². The molecular weight excluding hydrogens is 514 g/mol. The third-order valence-electron chi connectivity index (χ3n) is 5.93. The Hall–Kier alpha value is -4.99. The average Bonchev–Trinajstić information content (AvgIpc) is 3.25. The predicted octanol–water partition coefficient (Wildman–Crippen LogP) is 3.90. The standard InChI is InChI=1S/C30H29N3O7/c1-19(2)40-27(35)18-38-24-11-8-21(9-12-24)26(34)16-33-15-23-14-22(10-13-25(23)29(33)36)28(31)32-30(37)39-17-20-6-4-3-5-7-20/h3-14,19H,15-18H2,1-2H3,(H2,31,32,37). The Balaban J connectivity index is 1.33. The van der Waals surface area contributed by atoms with E-state index in [-0.39, 0.29) is 49.9 Å². The minimum absolute atomic E-state index is 0.0392. The number of esters is 1. The Morgan fingerprint density at radius 2 is 1.68 bits per heavy atom. The van der Waals surface area contributed by atoms with Crippen molar-refractivity contribution in [3.63, 3.8) is 0 Å². The average molecular weight is 544 g/mol. The predicted molar refractivity (Wildman–Crippen MR) is 146 cm³/mol. The molecule has 3 aromatic carbocycles. The maximum Gasteiger partial charge on any atom is 0.435 e. The van der Waals surface area contributed by atoms with E-state index >= 15 is 0 Å². The van der Waals surface area contributed by atoms with Crippen LogP contribution >= 0.6 is 0 Å². The van der Waals surface area contributed by atoms with Crippen LogP contribution in [0.25, 0.3) is 0 Å². The number of ether oxygens (including phenoxy) is 3. The number of carbonyl (C=O) groups is 4. The van der Waals surface area contributed by atoms with Crippen LogP contribution < -0.4 is 10.5 Å². The van der Waals surface area contributed by atoms with Crippen molar-refractivity contribution in [1.29, 1.82) is 0 Å². The van der Waals surface area contributed by atoms with Gasteiger partial charge in [0, 0.05) is 23.2 Å². The van der Waals surface area contributed by atoms with Crippen LogP contribution in [0.15, 0.2) is 77.8 Å². The first-order valence-corrected chi connectivity index (χ1v) is 12.6. The Morgan fingerprint density at radius 3 is 2.38 bits per heavy atom. The monoisotopic (exact) mass is 543 g/mol. The van der Waals surface area contributed by atoms with Crippen molar-refractivity contribution in [2.45, 2.75) is 33.1 Å². The normalized spacial score (nSPS) is 12.7. The number of fused-ring (bicyclic) bond motifs is 1. The number of benzene rings is 3.